The Kier molecular flexibility index (Phi) is 5.83. The van der Waals surface area contributed by atoms with Crippen LogP contribution in [-0.2, 0) is 20.9 Å². The largest absolute Gasteiger partial charge is 0.481 e. The van der Waals surface area contributed by atoms with Gasteiger partial charge in [0.25, 0.3) is 0 Å². The van der Waals surface area contributed by atoms with Gasteiger partial charge >= 0.3 is 12.1 Å². The van der Waals surface area contributed by atoms with Crippen LogP contribution in [0.2, 0.25) is 0 Å². The minimum atomic E-state index is -0.933. The molecule has 1 aromatic rings. The average Bonchev–Trinajstić information content (AvgIpc) is 2.87. The van der Waals surface area contributed by atoms with Gasteiger partial charge in [-0.2, -0.15) is 0 Å². The topological polar surface area (TPSA) is 76.1 Å². The summed E-state index contributed by atoms with van der Waals surface area (Å²) in [6, 6.07) is 9.34. The normalized spacial score (nSPS) is 20.9. The quantitative estimate of drug-likeness (QED) is 0.895. The van der Waals surface area contributed by atoms with Gasteiger partial charge in [-0.05, 0) is 32.8 Å². The highest BCUT2D eigenvalue weighted by molar-refractivity contribution is 5.72. The number of carbonyl (C=O) groups is 2. The van der Waals surface area contributed by atoms with Crippen LogP contribution in [0.1, 0.15) is 39.2 Å². The molecule has 6 heteroatoms. The maximum Gasteiger partial charge on any atom is 0.410 e. The second kappa shape index (κ2) is 7.66. The molecule has 1 aromatic carbocycles. The van der Waals surface area contributed by atoms with Crippen LogP contribution in [0.4, 0.5) is 4.79 Å². The van der Waals surface area contributed by atoms with E-state index < -0.39 is 23.7 Å². The summed E-state index contributed by atoms with van der Waals surface area (Å²) in [5.74, 6) is -0.933. The molecule has 2 atom stereocenters. The van der Waals surface area contributed by atoms with Crippen LogP contribution in [0.15, 0.2) is 30.3 Å². The fourth-order valence-electron chi connectivity index (χ4n) is 2.72. The Morgan fingerprint density at radius 2 is 1.92 bits per heavy atom. The molecule has 0 saturated carbocycles. The Morgan fingerprint density at radius 3 is 2.50 bits per heavy atom. The van der Waals surface area contributed by atoms with E-state index in [0.717, 1.165) is 5.56 Å². The van der Waals surface area contributed by atoms with Crippen LogP contribution in [0.5, 0.6) is 0 Å². The van der Waals surface area contributed by atoms with Crippen molar-refractivity contribution in [3.8, 4) is 0 Å². The molecule has 0 aliphatic carbocycles. The van der Waals surface area contributed by atoms with E-state index in [1.807, 2.05) is 30.3 Å². The summed E-state index contributed by atoms with van der Waals surface area (Å²) in [6.07, 6.45) is -0.287. The van der Waals surface area contributed by atoms with Crippen LogP contribution in [0.25, 0.3) is 0 Å². The van der Waals surface area contributed by atoms with Gasteiger partial charge < -0.3 is 19.5 Å². The number of amides is 1. The predicted octanol–water partition coefficient (Wildman–Crippen LogP) is 3.06. The molecule has 0 radical (unpaired) electrons. The molecule has 6 nitrogen and oxygen atoms in total. The number of carboxylic acids is 1. The summed E-state index contributed by atoms with van der Waals surface area (Å²) >= 11 is 0. The Labute approximate surface area is 142 Å². The number of carboxylic acid groups (broad SMARTS) is 1. The van der Waals surface area contributed by atoms with Crippen molar-refractivity contribution in [1.29, 1.82) is 0 Å². The molecule has 24 heavy (non-hydrogen) atoms. The summed E-state index contributed by atoms with van der Waals surface area (Å²) in [4.78, 5) is 24.9. The molecule has 1 aliphatic rings. The average molecular weight is 335 g/mol. The van der Waals surface area contributed by atoms with Gasteiger partial charge in [0.2, 0.25) is 0 Å². The Hall–Kier alpha value is -2.08. The Balaban J connectivity index is 1.98. The molecule has 132 valence electrons. The lowest BCUT2D eigenvalue weighted by molar-refractivity contribution is -0.138. The predicted molar refractivity (Wildman–Crippen MR) is 88.6 cm³/mol. The highest BCUT2D eigenvalue weighted by Crippen LogP contribution is 2.26. The van der Waals surface area contributed by atoms with Gasteiger partial charge in [-0.3, -0.25) is 4.79 Å². The molecule has 1 saturated heterocycles. The molecule has 1 aliphatic heterocycles. The van der Waals surface area contributed by atoms with Crippen molar-refractivity contribution in [2.75, 3.05) is 6.54 Å². The number of rotatable bonds is 5. The molecule has 0 spiro atoms. The van der Waals surface area contributed by atoms with E-state index in [9.17, 15) is 9.59 Å². The molecule has 1 heterocycles. The van der Waals surface area contributed by atoms with E-state index >= 15 is 0 Å². The first-order valence-electron chi connectivity index (χ1n) is 8.11. The number of benzene rings is 1. The molecule has 1 fully saturated rings. The van der Waals surface area contributed by atoms with Gasteiger partial charge in [0.15, 0.2) is 0 Å². The van der Waals surface area contributed by atoms with Crippen molar-refractivity contribution in [2.24, 2.45) is 0 Å². The van der Waals surface area contributed by atoms with Crippen LogP contribution < -0.4 is 0 Å². The Bertz CT molecular complexity index is 567. The zero-order chi connectivity index (χ0) is 17.7. The third kappa shape index (κ3) is 5.53. The van der Waals surface area contributed by atoms with Gasteiger partial charge in [-0.25, -0.2) is 4.79 Å². The van der Waals surface area contributed by atoms with Crippen molar-refractivity contribution < 1.29 is 24.2 Å². The molecule has 1 N–H and O–H groups in total. The SMILES string of the molecule is CC(C)(C)OC(=O)N1CC(OCc2ccccc2)C[C@H]1CC(=O)O. The first-order valence-corrected chi connectivity index (χ1v) is 8.11. The molecule has 1 unspecified atom stereocenters. The summed E-state index contributed by atoms with van der Waals surface area (Å²) in [5.41, 5.74) is 0.427. The standard InChI is InChI=1S/C18H25NO5/c1-18(2,3)24-17(22)19-11-15(9-14(19)10-16(20)21)23-12-13-7-5-4-6-8-13/h4-8,14-15H,9-12H2,1-3H3,(H,20,21)/t14-,15?/m0/s1. The van der Waals surface area contributed by atoms with E-state index in [0.29, 0.717) is 19.6 Å². The van der Waals surface area contributed by atoms with E-state index in [1.54, 1.807) is 20.8 Å². The van der Waals surface area contributed by atoms with Gasteiger partial charge in [0, 0.05) is 6.04 Å². The lowest BCUT2D eigenvalue weighted by Crippen LogP contribution is -2.41. The summed E-state index contributed by atoms with van der Waals surface area (Å²) in [5, 5.41) is 9.08. The summed E-state index contributed by atoms with van der Waals surface area (Å²) in [6.45, 7) is 6.15. The Morgan fingerprint density at radius 1 is 1.25 bits per heavy atom. The van der Waals surface area contributed by atoms with E-state index in [4.69, 9.17) is 14.6 Å². The van der Waals surface area contributed by atoms with E-state index in [1.165, 1.54) is 4.90 Å². The van der Waals surface area contributed by atoms with Crippen molar-refractivity contribution in [1.82, 2.24) is 4.90 Å². The minimum Gasteiger partial charge on any atom is -0.481 e. The maximum atomic E-state index is 12.3. The number of hydrogen-bond donors (Lipinski definition) is 1. The molecule has 0 aromatic heterocycles. The third-order valence-electron chi connectivity index (χ3n) is 3.74. The van der Waals surface area contributed by atoms with Crippen LogP contribution in [-0.4, -0.2) is 46.4 Å². The molecule has 1 amide bonds. The second-order valence-electron chi connectivity index (χ2n) is 7.04. The van der Waals surface area contributed by atoms with Crippen molar-refractivity contribution >= 4 is 12.1 Å². The number of nitrogens with zero attached hydrogens (tertiary/aromatic N) is 1. The second-order valence-corrected chi connectivity index (χ2v) is 7.04. The fraction of sp³-hybridized carbons (Fsp3) is 0.556. The first-order chi connectivity index (χ1) is 11.2. The highest BCUT2D eigenvalue weighted by atomic mass is 16.6. The minimum absolute atomic E-state index is 0.107. The lowest BCUT2D eigenvalue weighted by atomic mass is 10.1. The van der Waals surface area contributed by atoms with E-state index in [-0.39, 0.29) is 12.5 Å². The van der Waals surface area contributed by atoms with Gasteiger partial charge in [0.05, 0.1) is 25.7 Å². The number of hydrogen-bond acceptors (Lipinski definition) is 4. The zero-order valence-electron chi connectivity index (χ0n) is 14.4. The smallest absolute Gasteiger partial charge is 0.410 e. The van der Waals surface area contributed by atoms with Crippen molar-refractivity contribution in [3.63, 3.8) is 0 Å². The van der Waals surface area contributed by atoms with E-state index in [2.05, 4.69) is 0 Å². The molecule has 0 bridgehead atoms. The van der Waals surface area contributed by atoms with Crippen LogP contribution >= 0.6 is 0 Å². The highest BCUT2D eigenvalue weighted by Gasteiger charge is 2.39. The summed E-state index contributed by atoms with van der Waals surface area (Å²) in [7, 11) is 0. The third-order valence-corrected chi connectivity index (χ3v) is 3.74. The van der Waals surface area contributed by atoms with Gasteiger partial charge in [-0.15, -0.1) is 0 Å². The maximum absolute atomic E-state index is 12.3. The first kappa shape index (κ1) is 18.3. The number of aliphatic carboxylic acids is 1. The monoisotopic (exact) mass is 335 g/mol. The molecular formula is C18H25NO5. The van der Waals surface area contributed by atoms with Crippen molar-refractivity contribution in [2.45, 2.75) is 58.0 Å². The molecule has 2 rings (SSSR count). The van der Waals surface area contributed by atoms with Crippen LogP contribution in [0.3, 0.4) is 0 Å². The van der Waals surface area contributed by atoms with Gasteiger partial charge in [-0.1, -0.05) is 30.3 Å². The van der Waals surface area contributed by atoms with Crippen molar-refractivity contribution in [3.05, 3.63) is 35.9 Å². The molecular weight excluding hydrogens is 310 g/mol. The van der Waals surface area contributed by atoms with Gasteiger partial charge in [0.1, 0.15) is 5.60 Å². The zero-order valence-corrected chi connectivity index (χ0v) is 14.4. The number of carbonyl (C=O) groups excluding carboxylic acids is 1. The van der Waals surface area contributed by atoms with Crippen LogP contribution in [0, 0.1) is 0 Å². The lowest BCUT2D eigenvalue weighted by Gasteiger charge is -2.27. The summed E-state index contributed by atoms with van der Waals surface area (Å²) < 4.78 is 11.3. The number of ether oxygens (including phenoxy) is 2. The number of likely N-dealkylation sites (tertiary alicyclic amines) is 1. The fourth-order valence-corrected chi connectivity index (χ4v) is 2.72.